The first-order valence-electron chi connectivity index (χ1n) is 12.7. The number of rotatable bonds is 8. The Morgan fingerprint density at radius 3 is 2.33 bits per heavy atom. The van der Waals surface area contributed by atoms with Gasteiger partial charge in [-0.2, -0.15) is 0 Å². The fourth-order valence-electron chi connectivity index (χ4n) is 5.48. The van der Waals surface area contributed by atoms with Crippen LogP contribution in [0.4, 0.5) is 0 Å². The molecule has 194 valence electrons. The van der Waals surface area contributed by atoms with E-state index in [1.54, 1.807) is 21.1 Å². The van der Waals surface area contributed by atoms with Gasteiger partial charge in [-0.3, -0.25) is 4.79 Å². The molecule has 0 spiro atoms. The van der Waals surface area contributed by atoms with Crippen molar-refractivity contribution in [1.29, 1.82) is 0 Å². The van der Waals surface area contributed by atoms with E-state index in [2.05, 4.69) is 33.4 Å². The van der Waals surface area contributed by atoms with Crippen molar-refractivity contribution in [2.24, 2.45) is 17.8 Å². The molecule has 1 aromatic carbocycles. The average Bonchev–Trinajstić information content (AvgIpc) is 2.94. The van der Waals surface area contributed by atoms with E-state index in [1.165, 1.54) is 0 Å². The third-order valence-corrected chi connectivity index (χ3v) is 7.03. The number of hydrogen-bond donors (Lipinski definition) is 0. The van der Waals surface area contributed by atoms with Gasteiger partial charge in [0.1, 0.15) is 24.7 Å². The van der Waals surface area contributed by atoms with Gasteiger partial charge in [0.05, 0.1) is 20.1 Å². The van der Waals surface area contributed by atoms with Crippen LogP contribution in [0.25, 0.3) is 5.57 Å². The molecule has 1 aliphatic carbocycles. The second kappa shape index (κ2) is 11.7. The van der Waals surface area contributed by atoms with Crippen molar-refractivity contribution in [1.82, 2.24) is 0 Å². The summed E-state index contributed by atoms with van der Waals surface area (Å²) >= 11 is 0. The molecule has 0 saturated carbocycles. The normalized spacial score (nSPS) is 20.6. The molecular formula is C31H40O5. The molecule has 0 fully saturated rings. The Balaban J connectivity index is 2.18. The van der Waals surface area contributed by atoms with Crippen molar-refractivity contribution in [3.8, 4) is 11.5 Å². The molecule has 2 atom stereocenters. The Labute approximate surface area is 216 Å². The van der Waals surface area contributed by atoms with Gasteiger partial charge in [-0.05, 0) is 75.3 Å². The molecule has 2 aliphatic rings. The second-order valence-corrected chi connectivity index (χ2v) is 9.85. The molecule has 0 radical (unpaired) electrons. The van der Waals surface area contributed by atoms with Crippen LogP contribution in [0, 0.1) is 17.8 Å². The summed E-state index contributed by atoms with van der Waals surface area (Å²) in [5.41, 5.74) is 9.07. The highest BCUT2D eigenvalue weighted by atomic mass is 16.6. The standard InChI is InChI=1S/C31H40O5/c1-10-11-19(4)28(22(7)32)24-13-12-23(30-31(24)36-15-14-35-30)17-25-21(6)29(34-9)27(18(2)3)20(5)16-26(25)33-8/h10-13,18,25,27H,14-15,17H2,1-9H3/b11-10+,28-19+/t25-,27+/m1/s1. The summed E-state index contributed by atoms with van der Waals surface area (Å²) in [5.74, 6) is 3.50. The van der Waals surface area contributed by atoms with Crippen LogP contribution in [0.3, 0.4) is 0 Å². The molecule has 5 nitrogen and oxygen atoms in total. The quantitative estimate of drug-likeness (QED) is 0.226. The minimum atomic E-state index is -0.0725. The summed E-state index contributed by atoms with van der Waals surface area (Å²) in [6, 6.07) is 4.02. The molecule has 0 unspecified atom stereocenters. The van der Waals surface area contributed by atoms with E-state index >= 15 is 0 Å². The summed E-state index contributed by atoms with van der Waals surface area (Å²) in [4.78, 5) is 12.7. The van der Waals surface area contributed by atoms with Crippen molar-refractivity contribution in [2.45, 2.75) is 54.9 Å². The minimum absolute atomic E-state index is 0.00746. The smallest absolute Gasteiger partial charge is 0.169 e. The molecular weight excluding hydrogens is 452 g/mol. The number of allylic oxidation sites excluding steroid dienone is 5. The maximum Gasteiger partial charge on any atom is 0.169 e. The van der Waals surface area contributed by atoms with Crippen molar-refractivity contribution in [3.63, 3.8) is 0 Å². The second-order valence-electron chi connectivity index (χ2n) is 9.85. The Morgan fingerprint density at radius 1 is 1.11 bits per heavy atom. The van der Waals surface area contributed by atoms with E-state index in [-0.39, 0.29) is 17.6 Å². The van der Waals surface area contributed by atoms with Crippen LogP contribution in [0.5, 0.6) is 11.5 Å². The number of carbonyl (C=O) groups excluding carboxylic acids is 1. The highest BCUT2D eigenvalue weighted by Gasteiger charge is 2.33. The highest BCUT2D eigenvalue weighted by Crippen LogP contribution is 2.45. The van der Waals surface area contributed by atoms with E-state index in [4.69, 9.17) is 18.9 Å². The lowest BCUT2D eigenvalue weighted by atomic mass is 9.83. The Hall–Kier alpha value is -3.17. The lowest BCUT2D eigenvalue weighted by Crippen LogP contribution is -2.21. The number of ketones is 1. The molecule has 0 aromatic heterocycles. The van der Waals surface area contributed by atoms with Crippen molar-refractivity contribution >= 4 is 11.4 Å². The monoisotopic (exact) mass is 492 g/mol. The minimum Gasteiger partial charge on any atom is -0.500 e. The van der Waals surface area contributed by atoms with E-state index < -0.39 is 0 Å². The molecule has 0 bridgehead atoms. The van der Waals surface area contributed by atoms with Crippen LogP contribution in [-0.4, -0.2) is 33.2 Å². The van der Waals surface area contributed by atoms with E-state index in [9.17, 15) is 4.79 Å². The third-order valence-electron chi connectivity index (χ3n) is 7.03. The van der Waals surface area contributed by atoms with Gasteiger partial charge in [0, 0.05) is 17.1 Å². The van der Waals surface area contributed by atoms with Gasteiger partial charge in [-0.25, -0.2) is 0 Å². The predicted molar refractivity (Wildman–Crippen MR) is 144 cm³/mol. The summed E-state index contributed by atoms with van der Waals surface area (Å²) in [6.45, 7) is 15.0. The van der Waals surface area contributed by atoms with Crippen molar-refractivity contribution in [2.75, 3.05) is 27.4 Å². The van der Waals surface area contributed by atoms with Gasteiger partial charge < -0.3 is 18.9 Å². The Kier molecular flexibility index (Phi) is 8.92. The van der Waals surface area contributed by atoms with E-state index in [1.807, 2.05) is 38.1 Å². The number of hydrogen-bond acceptors (Lipinski definition) is 5. The summed E-state index contributed by atoms with van der Waals surface area (Å²) in [5, 5.41) is 0. The van der Waals surface area contributed by atoms with Crippen molar-refractivity contribution < 1.29 is 23.7 Å². The summed E-state index contributed by atoms with van der Waals surface area (Å²) in [6.07, 6.45) is 4.51. The maximum atomic E-state index is 12.7. The molecule has 0 amide bonds. The highest BCUT2D eigenvalue weighted by molar-refractivity contribution is 6.21. The largest absolute Gasteiger partial charge is 0.500 e. The maximum absolute atomic E-state index is 12.7. The molecule has 1 aromatic rings. The van der Waals surface area contributed by atoms with Crippen LogP contribution in [0.1, 0.15) is 59.6 Å². The zero-order valence-electron chi connectivity index (χ0n) is 23.2. The van der Waals surface area contributed by atoms with Gasteiger partial charge in [0.2, 0.25) is 0 Å². The van der Waals surface area contributed by atoms with Crippen LogP contribution in [-0.2, 0) is 20.7 Å². The van der Waals surface area contributed by atoms with Crippen LogP contribution in [0.2, 0.25) is 0 Å². The van der Waals surface area contributed by atoms with Crippen LogP contribution in [0.15, 0.2) is 58.3 Å². The lowest BCUT2D eigenvalue weighted by molar-refractivity contribution is -0.111. The molecule has 1 heterocycles. The molecule has 5 heteroatoms. The van der Waals surface area contributed by atoms with Crippen LogP contribution >= 0.6 is 0 Å². The fourth-order valence-corrected chi connectivity index (χ4v) is 5.48. The molecule has 0 saturated heterocycles. The number of fused-ring (bicyclic) bond motifs is 1. The van der Waals surface area contributed by atoms with Gasteiger partial charge in [-0.1, -0.05) is 37.8 Å². The van der Waals surface area contributed by atoms with E-state index in [0.717, 1.165) is 39.4 Å². The zero-order valence-corrected chi connectivity index (χ0v) is 23.2. The van der Waals surface area contributed by atoms with Gasteiger partial charge >= 0.3 is 0 Å². The lowest BCUT2D eigenvalue weighted by Gasteiger charge is -2.28. The number of benzene rings is 1. The third kappa shape index (κ3) is 5.32. The predicted octanol–water partition coefficient (Wildman–Crippen LogP) is 6.84. The first-order valence-corrected chi connectivity index (χ1v) is 12.7. The van der Waals surface area contributed by atoms with E-state index in [0.29, 0.717) is 42.6 Å². The SMILES string of the molecule is C/C=C/C(C)=C(\C(C)=O)c1ccc(C[C@H]2C(OC)=C=C(C)[C@H](C(C)C)C(OC)=C2C)c2c1OCCO2. The Morgan fingerprint density at radius 2 is 1.78 bits per heavy atom. The molecule has 1 aliphatic heterocycles. The molecule has 3 rings (SSSR count). The van der Waals surface area contributed by atoms with Gasteiger partial charge in [0.25, 0.3) is 0 Å². The summed E-state index contributed by atoms with van der Waals surface area (Å²) < 4.78 is 24.2. The number of carbonyl (C=O) groups is 1. The first-order chi connectivity index (χ1) is 17.2. The zero-order chi connectivity index (χ0) is 26.6. The topological polar surface area (TPSA) is 54.0 Å². The molecule has 0 N–H and O–H groups in total. The first kappa shape index (κ1) is 27.4. The molecule has 36 heavy (non-hydrogen) atoms. The summed E-state index contributed by atoms with van der Waals surface area (Å²) in [7, 11) is 3.44. The number of Topliss-reactive ketones (excluding diaryl/α,β-unsaturated/α-hetero) is 1. The Bertz CT molecular complexity index is 1170. The number of methoxy groups -OCH3 is 2. The fraction of sp³-hybridized carbons (Fsp3) is 0.484. The van der Waals surface area contributed by atoms with Crippen molar-refractivity contribution in [3.05, 3.63) is 69.4 Å². The van der Waals surface area contributed by atoms with Crippen LogP contribution < -0.4 is 9.47 Å². The van der Waals surface area contributed by atoms with Gasteiger partial charge in [-0.15, -0.1) is 0 Å². The van der Waals surface area contributed by atoms with Gasteiger partial charge in [0.15, 0.2) is 17.3 Å². The number of ether oxygens (including phenoxy) is 4. The average molecular weight is 493 g/mol.